The first-order valence-electron chi connectivity index (χ1n) is 6.89. The summed E-state index contributed by atoms with van der Waals surface area (Å²) >= 11 is 1.42. The Hall–Kier alpha value is -1.63. The average molecular weight is 295 g/mol. The highest BCUT2D eigenvalue weighted by molar-refractivity contribution is 7.14. The van der Waals surface area contributed by atoms with E-state index in [4.69, 9.17) is 5.11 Å². The van der Waals surface area contributed by atoms with E-state index >= 15 is 0 Å². The minimum absolute atomic E-state index is 0.0498. The molecule has 6 nitrogen and oxygen atoms in total. The molecular weight excluding hydrogens is 278 g/mol. The Morgan fingerprint density at radius 2 is 2.35 bits per heavy atom. The summed E-state index contributed by atoms with van der Waals surface area (Å²) in [4.78, 5) is 31.0. The number of aromatic nitrogens is 1. The number of hydrogen-bond acceptors (Lipinski definition) is 4. The summed E-state index contributed by atoms with van der Waals surface area (Å²) in [6.07, 6.45) is 3.83. The number of carboxylic acids is 1. The fraction of sp³-hybridized carbons (Fsp3) is 0.615. The molecule has 2 aliphatic heterocycles. The first-order chi connectivity index (χ1) is 9.65. The van der Waals surface area contributed by atoms with Crippen molar-refractivity contribution < 1.29 is 14.7 Å². The van der Waals surface area contributed by atoms with E-state index in [9.17, 15) is 9.59 Å². The number of amides is 2. The van der Waals surface area contributed by atoms with Crippen molar-refractivity contribution in [3.63, 3.8) is 0 Å². The molecule has 0 aromatic carbocycles. The van der Waals surface area contributed by atoms with Crippen molar-refractivity contribution in [2.24, 2.45) is 0 Å². The molecule has 2 aliphatic rings. The van der Waals surface area contributed by atoms with Gasteiger partial charge in [0.05, 0.1) is 24.7 Å². The fourth-order valence-electron chi connectivity index (χ4n) is 2.82. The van der Waals surface area contributed by atoms with E-state index in [0.29, 0.717) is 24.1 Å². The Morgan fingerprint density at radius 3 is 3.10 bits per heavy atom. The second-order valence-electron chi connectivity index (χ2n) is 5.25. The zero-order chi connectivity index (χ0) is 14.1. The van der Waals surface area contributed by atoms with Crippen molar-refractivity contribution in [3.05, 3.63) is 11.1 Å². The molecule has 1 aromatic heterocycles. The predicted molar refractivity (Wildman–Crippen MR) is 75.2 cm³/mol. The summed E-state index contributed by atoms with van der Waals surface area (Å²) in [6.45, 7) is 1.56. The van der Waals surface area contributed by atoms with Gasteiger partial charge >= 0.3 is 12.0 Å². The predicted octanol–water partition coefficient (Wildman–Crippen LogP) is 1.95. The second-order valence-corrected chi connectivity index (χ2v) is 6.09. The van der Waals surface area contributed by atoms with Crippen molar-refractivity contribution in [1.82, 2.24) is 9.88 Å². The van der Waals surface area contributed by atoms with Crippen LogP contribution >= 0.6 is 11.3 Å². The maximum Gasteiger partial charge on any atom is 0.326 e. The zero-order valence-electron chi connectivity index (χ0n) is 11.1. The molecule has 2 amide bonds. The lowest BCUT2D eigenvalue weighted by Gasteiger charge is -2.27. The van der Waals surface area contributed by atoms with E-state index in [2.05, 4.69) is 4.98 Å². The topological polar surface area (TPSA) is 73.7 Å². The Morgan fingerprint density at radius 1 is 1.50 bits per heavy atom. The van der Waals surface area contributed by atoms with E-state index in [1.165, 1.54) is 17.8 Å². The summed E-state index contributed by atoms with van der Waals surface area (Å²) < 4.78 is 0. The lowest BCUT2D eigenvalue weighted by molar-refractivity contribution is -0.136. The van der Waals surface area contributed by atoms with E-state index in [1.54, 1.807) is 4.90 Å². The molecule has 1 aromatic rings. The molecule has 3 rings (SSSR count). The number of aryl methyl sites for hydroxylation is 1. The first-order valence-corrected chi connectivity index (χ1v) is 7.77. The third-order valence-corrected chi connectivity index (χ3v) is 4.78. The van der Waals surface area contributed by atoms with Gasteiger partial charge in [-0.15, -0.1) is 11.3 Å². The van der Waals surface area contributed by atoms with E-state index in [0.717, 1.165) is 25.1 Å². The van der Waals surface area contributed by atoms with Crippen LogP contribution in [-0.2, 0) is 11.2 Å². The molecule has 20 heavy (non-hydrogen) atoms. The Kier molecular flexibility index (Phi) is 3.60. The molecule has 0 saturated carbocycles. The van der Waals surface area contributed by atoms with E-state index in [-0.39, 0.29) is 12.5 Å². The summed E-state index contributed by atoms with van der Waals surface area (Å²) in [5.41, 5.74) is 0.755. The second kappa shape index (κ2) is 5.40. The number of nitrogens with zero attached hydrogens (tertiary/aromatic N) is 3. The lowest BCUT2D eigenvalue weighted by atomic mass is 10.0. The first kappa shape index (κ1) is 13.4. The van der Waals surface area contributed by atoms with Gasteiger partial charge in [0.1, 0.15) is 0 Å². The van der Waals surface area contributed by atoms with Crippen LogP contribution in [0.1, 0.15) is 31.4 Å². The summed E-state index contributed by atoms with van der Waals surface area (Å²) in [5.74, 6) is -0.825. The van der Waals surface area contributed by atoms with Gasteiger partial charge in [-0.3, -0.25) is 9.69 Å². The SMILES string of the molecule is O=C(O)CCc1csc(N2C[C@@H]3CCCCN3C2=O)n1. The summed E-state index contributed by atoms with van der Waals surface area (Å²) in [7, 11) is 0. The van der Waals surface area contributed by atoms with Gasteiger partial charge in [-0.05, 0) is 19.3 Å². The zero-order valence-corrected chi connectivity index (χ0v) is 11.9. The van der Waals surface area contributed by atoms with Gasteiger partial charge in [0, 0.05) is 18.3 Å². The van der Waals surface area contributed by atoms with Crippen LogP contribution in [0.4, 0.5) is 9.93 Å². The molecule has 0 spiro atoms. The maximum atomic E-state index is 12.3. The molecule has 0 aliphatic carbocycles. The monoisotopic (exact) mass is 295 g/mol. The van der Waals surface area contributed by atoms with Gasteiger partial charge in [0.2, 0.25) is 0 Å². The molecule has 0 bridgehead atoms. The van der Waals surface area contributed by atoms with Crippen molar-refractivity contribution in [3.8, 4) is 0 Å². The molecule has 1 atom stereocenters. The largest absolute Gasteiger partial charge is 0.481 e. The summed E-state index contributed by atoms with van der Waals surface area (Å²) in [6, 6.07) is 0.372. The number of piperidine rings is 1. The number of aliphatic carboxylic acids is 1. The van der Waals surface area contributed by atoms with Crippen molar-refractivity contribution >= 4 is 28.5 Å². The Labute approximate surface area is 121 Å². The van der Waals surface area contributed by atoms with E-state index in [1.807, 2.05) is 10.3 Å². The third-order valence-electron chi connectivity index (χ3n) is 3.86. The van der Waals surface area contributed by atoms with Gasteiger partial charge in [-0.2, -0.15) is 0 Å². The maximum absolute atomic E-state index is 12.3. The van der Waals surface area contributed by atoms with Crippen LogP contribution in [0.3, 0.4) is 0 Å². The Bertz CT molecular complexity index is 531. The van der Waals surface area contributed by atoms with Gasteiger partial charge < -0.3 is 10.0 Å². The minimum atomic E-state index is -0.825. The van der Waals surface area contributed by atoms with Crippen LogP contribution in [0, 0.1) is 0 Å². The van der Waals surface area contributed by atoms with Crippen molar-refractivity contribution in [2.45, 2.75) is 38.1 Å². The van der Waals surface area contributed by atoms with Crippen LogP contribution < -0.4 is 4.90 Å². The van der Waals surface area contributed by atoms with Gasteiger partial charge in [-0.1, -0.05) is 0 Å². The number of carbonyl (C=O) groups excluding carboxylic acids is 1. The molecule has 2 saturated heterocycles. The molecule has 2 fully saturated rings. The number of fused-ring (bicyclic) bond motifs is 1. The van der Waals surface area contributed by atoms with Crippen molar-refractivity contribution in [1.29, 1.82) is 0 Å². The quantitative estimate of drug-likeness (QED) is 0.921. The highest BCUT2D eigenvalue weighted by Gasteiger charge is 2.40. The lowest BCUT2D eigenvalue weighted by Crippen LogP contribution is -2.38. The van der Waals surface area contributed by atoms with Gasteiger partial charge in [-0.25, -0.2) is 9.78 Å². The summed E-state index contributed by atoms with van der Waals surface area (Å²) in [5, 5.41) is 11.2. The normalized spacial score (nSPS) is 22.2. The number of rotatable bonds is 4. The number of hydrogen-bond donors (Lipinski definition) is 1. The number of carboxylic acid groups (broad SMARTS) is 1. The molecule has 0 unspecified atom stereocenters. The molecule has 0 radical (unpaired) electrons. The molecule has 1 N–H and O–H groups in total. The third kappa shape index (κ3) is 2.49. The number of thiazole rings is 1. The smallest absolute Gasteiger partial charge is 0.326 e. The molecule has 7 heteroatoms. The van der Waals surface area contributed by atoms with Crippen molar-refractivity contribution in [2.75, 3.05) is 18.0 Å². The average Bonchev–Trinajstić information content (AvgIpc) is 3.02. The van der Waals surface area contributed by atoms with Crippen LogP contribution in [0.2, 0.25) is 0 Å². The number of urea groups is 1. The number of carbonyl (C=O) groups is 2. The van der Waals surface area contributed by atoms with Crippen LogP contribution in [0.25, 0.3) is 0 Å². The Balaban J connectivity index is 1.70. The number of anilines is 1. The molecule has 3 heterocycles. The van der Waals surface area contributed by atoms with Gasteiger partial charge in [0.15, 0.2) is 5.13 Å². The van der Waals surface area contributed by atoms with E-state index < -0.39 is 5.97 Å². The van der Waals surface area contributed by atoms with Crippen LogP contribution in [0.5, 0.6) is 0 Å². The van der Waals surface area contributed by atoms with Crippen LogP contribution in [0.15, 0.2) is 5.38 Å². The minimum Gasteiger partial charge on any atom is -0.481 e. The fourth-order valence-corrected chi connectivity index (χ4v) is 3.68. The van der Waals surface area contributed by atoms with Crippen LogP contribution in [-0.4, -0.2) is 46.1 Å². The van der Waals surface area contributed by atoms with Gasteiger partial charge in [0.25, 0.3) is 0 Å². The molecular formula is C13H17N3O3S. The standard InChI is InChI=1S/C13H17N3O3S/c17-11(18)5-4-9-8-20-12(14-9)16-7-10-3-1-2-6-15(10)13(16)19/h8,10H,1-7H2,(H,17,18)/t10-/m0/s1. The highest BCUT2D eigenvalue weighted by Crippen LogP contribution is 2.31. The highest BCUT2D eigenvalue weighted by atomic mass is 32.1. The molecule has 108 valence electrons.